The summed E-state index contributed by atoms with van der Waals surface area (Å²) in [6, 6.07) is 10.3. The molecule has 8 nitrogen and oxygen atoms in total. The van der Waals surface area contributed by atoms with Gasteiger partial charge >= 0.3 is 23.9 Å². The summed E-state index contributed by atoms with van der Waals surface area (Å²) in [5.74, 6) is -0.246. The van der Waals surface area contributed by atoms with Crippen molar-refractivity contribution in [3.05, 3.63) is 47.5 Å². The Morgan fingerprint density at radius 3 is 1.31 bits per heavy atom. The van der Waals surface area contributed by atoms with E-state index < -0.39 is 0 Å². The molecule has 0 saturated heterocycles. The van der Waals surface area contributed by atoms with Crippen LogP contribution in [0.2, 0.25) is 0 Å². The zero-order chi connectivity index (χ0) is 26.4. The van der Waals surface area contributed by atoms with Gasteiger partial charge in [-0.25, -0.2) is 0 Å². The molecule has 190 valence electrons. The molecule has 0 atom stereocenters. The number of aryl methyl sites for hydroxylation is 2. The van der Waals surface area contributed by atoms with E-state index in [9.17, 15) is 19.2 Å². The van der Waals surface area contributed by atoms with Crippen LogP contribution in [-0.4, -0.2) is 23.9 Å². The maximum absolute atomic E-state index is 11.3. The number of rotatable bonds is 9. The average Bonchev–Trinajstić information content (AvgIpc) is 2.86. The minimum absolute atomic E-state index is 0.273. The Kier molecular flexibility index (Phi) is 12.8. The van der Waals surface area contributed by atoms with E-state index in [1.807, 2.05) is 19.9 Å². The van der Waals surface area contributed by atoms with Crippen molar-refractivity contribution in [2.75, 3.05) is 0 Å². The van der Waals surface area contributed by atoms with E-state index in [1.54, 1.807) is 58.0 Å². The van der Waals surface area contributed by atoms with Crippen LogP contribution >= 0.6 is 0 Å². The van der Waals surface area contributed by atoms with Crippen molar-refractivity contribution in [2.45, 2.75) is 73.6 Å². The van der Waals surface area contributed by atoms with Crippen LogP contribution in [-0.2, 0) is 25.6 Å². The first-order valence-corrected chi connectivity index (χ1v) is 11.7. The topological polar surface area (TPSA) is 105 Å². The molecular weight excluding hydrogens is 452 g/mol. The molecule has 0 aliphatic rings. The second-order valence-electron chi connectivity index (χ2n) is 7.40. The molecule has 2 aromatic rings. The van der Waals surface area contributed by atoms with Gasteiger partial charge in [0, 0.05) is 25.7 Å². The molecule has 8 heteroatoms. The van der Waals surface area contributed by atoms with Crippen LogP contribution in [0.15, 0.2) is 36.4 Å². The molecular formula is C27H34O8. The maximum Gasteiger partial charge on any atom is 0.311 e. The van der Waals surface area contributed by atoms with Gasteiger partial charge in [0.05, 0.1) is 0 Å². The third-order valence-electron chi connectivity index (χ3n) is 4.57. The summed E-state index contributed by atoms with van der Waals surface area (Å²) in [6.07, 6.45) is 1.91. The normalized spacial score (nSPS) is 9.89. The summed E-state index contributed by atoms with van der Waals surface area (Å²) in [5, 5.41) is 0. The van der Waals surface area contributed by atoms with Gasteiger partial charge < -0.3 is 18.9 Å². The highest BCUT2D eigenvalue weighted by atomic mass is 16.6. The molecule has 0 radical (unpaired) electrons. The lowest BCUT2D eigenvalue weighted by atomic mass is 10.1. The van der Waals surface area contributed by atoms with Crippen LogP contribution < -0.4 is 18.9 Å². The van der Waals surface area contributed by atoms with Crippen LogP contribution in [0.1, 0.15) is 71.4 Å². The molecule has 0 heterocycles. The highest BCUT2D eigenvalue weighted by Crippen LogP contribution is 2.30. The second kappa shape index (κ2) is 15.3. The number of benzene rings is 2. The summed E-state index contributed by atoms with van der Waals surface area (Å²) in [5.41, 5.74) is 1.95. The number of carbonyl (C=O) groups excluding carboxylic acids is 4. The minimum Gasteiger partial charge on any atom is -0.423 e. The molecule has 0 spiro atoms. The van der Waals surface area contributed by atoms with Crippen molar-refractivity contribution in [2.24, 2.45) is 0 Å². The predicted octanol–water partition coefficient (Wildman–Crippen LogP) is 5.51. The molecule has 0 aliphatic carbocycles. The third kappa shape index (κ3) is 10.4. The van der Waals surface area contributed by atoms with Gasteiger partial charge in [0.1, 0.15) is 0 Å². The Balaban J connectivity index is 0.000000351. The van der Waals surface area contributed by atoms with Gasteiger partial charge in [-0.2, -0.15) is 0 Å². The zero-order valence-corrected chi connectivity index (χ0v) is 21.3. The molecule has 0 unspecified atom stereocenters. The number of carbonyl (C=O) groups is 4. The van der Waals surface area contributed by atoms with Crippen LogP contribution in [0, 0.1) is 6.92 Å². The van der Waals surface area contributed by atoms with E-state index >= 15 is 0 Å². The monoisotopic (exact) mass is 486 g/mol. The van der Waals surface area contributed by atoms with Crippen molar-refractivity contribution in [3.8, 4) is 23.0 Å². The van der Waals surface area contributed by atoms with E-state index in [-0.39, 0.29) is 55.3 Å². The Morgan fingerprint density at radius 1 is 0.543 bits per heavy atom. The summed E-state index contributed by atoms with van der Waals surface area (Å²) < 4.78 is 20.5. The van der Waals surface area contributed by atoms with Gasteiger partial charge in [-0.1, -0.05) is 46.8 Å². The van der Waals surface area contributed by atoms with E-state index in [2.05, 4.69) is 0 Å². The molecule has 0 saturated carbocycles. The molecule has 0 bridgehead atoms. The number of ether oxygens (including phenoxy) is 4. The SMILES string of the molecule is CCC(=O)Oc1ccc(C)cc1OC(=O)CC.CCC(=O)Oc1ccc(CC)cc1OC(=O)CC. The van der Waals surface area contributed by atoms with Gasteiger partial charge in [-0.15, -0.1) is 0 Å². The van der Waals surface area contributed by atoms with Crippen molar-refractivity contribution in [3.63, 3.8) is 0 Å². The van der Waals surface area contributed by atoms with E-state index in [4.69, 9.17) is 18.9 Å². The summed E-state index contributed by atoms with van der Waals surface area (Å²) in [7, 11) is 0. The smallest absolute Gasteiger partial charge is 0.311 e. The Morgan fingerprint density at radius 2 is 0.914 bits per heavy atom. The van der Waals surface area contributed by atoms with Gasteiger partial charge in [0.15, 0.2) is 23.0 Å². The highest BCUT2D eigenvalue weighted by molar-refractivity contribution is 5.76. The third-order valence-corrected chi connectivity index (χ3v) is 4.57. The maximum atomic E-state index is 11.3. The molecule has 35 heavy (non-hydrogen) atoms. The van der Waals surface area contributed by atoms with E-state index in [0.29, 0.717) is 17.2 Å². The minimum atomic E-state index is -0.359. The molecule has 2 rings (SSSR count). The van der Waals surface area contributed by atoms with E-state index in [0.717, 1.165) is 17.5 Å². The first-order valence-electron chi connectivity index (χ1n) is 11.7. The fraction of sp³-hybridized carbons (Fsp3) is 0.407. The standard InChI is InChI=1S/C14H18O4.C13H16O4/c1-4-10-7-8-11(17-13(15)5-2)12(9-10)18-14(16)6-3;1-4-12(14)16-10-7-6-9(3)8-11(10)17-13(15)5-2/h7-9H,4-6H2,1-3H3;6-8H,4-5H2,1-3H3. The summed E-state index contributed by atoms with van der Waals surface area (Å²) >= 11 is 0. The van der Waals surface area contributed by atoms with Gasteiger partial charge in [-0.3, -0.25) is 19.2 Å². The fourth-order valence-corrected chi connectivity index (χ4v) is 2.50. The summed E-state index contributed by atoms with van der Waals surface area (Å²) in [4.78, 5) is 45.1. The number of hydrogen-bond donors (Lipinski definition) is 0. The zero-order valence-electron chi connectivity index (χ0n) is 21.3. The first kappa shape index (κ1) is 29.4. The quantitative estimate of drug-likeness (QED) is 0.338. The van der Waals surface area contributed by atoms with Crippen molar-refractivity contribution >= 4 is 23.9 Å². The van der Waals surface area contributed by atoms with Gasteiger partial charge in [-0.05, 0) is 48.7 Å². The van der Waals surface area contributed by atoms with Gasteiger partial charge in [0.2, 0.25) is 0 Å². The first-order chi connectivity index (χ1) is 16.7. The van der Waals surface area contributed by atoms with Crippen molar-refractivity contribution in [1.29, 1.82) is 0 Å². The highest BCUT2D eigenvalue weighted by Gasteiger charge is 2.13. The molecule has 0 fully saturated rings. The van der Waals surface area contributed by atoms with Crippen molar-refractivity contribution < 1.29 is 38.1 Å². The van der Waals surface area contributed by atoms with Crippen LogP contribution in [0.4, 0.5) is 0 Å². The molecule has 0 aromatic heterocycles. The van der Waals surface area contributed by atoms with E-state index in [1.165, 1.54) is 0 Å². The van der Waals surface area contributed by atoms with Crippen molar-refractivity contribution in [1.82, 2.24) is 0 Å². The predicted molar refractivity (Wildman–Crippen MR) is 131 cm³/mol. The molecule has 0 amide bonds. The molecule has 0 aliphatic heterocycles. The average molecular weight is 487 g/mol. The summed E-state index contributed by atoms with van der Waals surface area (Å²) in [6.45, 7) is 10.7. The Labute approximate surface area is 206 Å². The van der Waals surface area contributed by atoms with Crippen LogP contribution in [0.3, 0.4) is 0 Å². The number of hydrogen-bond acceptors (Lipinski definition) is 8. The number of esters is 4. The lowest BCUT2D eigenvalue weighted by molar-refractivity contribution is -0.136. The Hall–Kier alpha value is -3.68. The lowest BCUT2D eigenvalue weighted by Gasteiger charge is -2.11. The molecule has 2 aromatic carbocycles. The van der Waals surface area contributed by atoms with Crippen LogP contribution in [0.25, 0.3) is 0 Å². The Bertz CT molecular complexity index is 1030. The lowest BCUT2D eigenvalue weighted by Crippen LogP contribution is -2.10. The molecule has 0 N–H and O–H groups in total. The fourth-order valence-electron chi connectivity index (χ4n) is 2.50. The van der Waals surface area contributed by atoms with Gasteiger partial charge in [0.25, 0.3) is 0 Å². The van der Waals surface area contributed by atoms with Crippen LogP contribution in [0.5, 0.6) is 23.0 Å². The largest absolute Gasteiger partial charge is 0.423 e. The second-order valence-corrected chi connectivity index (χ2v) is 7.40.